The highest BCUT2D eigenvalue weighted by molar-refractivity contribution is 7.93. The Balaban J connectivity index is 1.62. The molecule has 0 spiro atoms. The van der Waals surface area contributed by atoms with Crippen molar-refractivity contribution in [1.29, 1.82) is 0 Å². The molecule has 4 rings (SSSR count). The molecule has 0 bridgehead atoms. The average molecular weight is 373 g/mol. The topological polar surface area (TPSA) is 75.4 Å². The van der Waals surface area contributed by atoms with Crippen molar-refractivity contribution in [2.24, 2.45) is 13.0 Å². The average Bonchev–Trinajstić information content (AvgIpc) is 3.27. The summed E-state index contributed by atoms with van der Waals surface area (Å²) in [5.74, 6) is -0.134. The van der Waals surface area contributed by atoms with Gasteiger partial charge in [0.1, 0.15) is 0 Å². The Morgan fingerprint density at radius 2 is 2.04 bits per heavy atom. The molecule has 1 aliphatic carbocycles. The molecule has 2 aliphatic rings. The number of rotatable bonds is 4. The zero-order valence-electron chi connectivity index (χ0n) is 14.7. The quantitative estimate of drug-likeness (QED) is 0.886. The maximum atomic E-state index is 13.2. The fourth-order valence-electron chi connectivity index (χ4n) is 4.00. The van der Waals surface area contributed by atoms with Gasteiger partial charge in [0.2, 0.25) is 10.0 Å². The maximum absolute atomic E-state index is 13.2. The predicted molar refractivity (Wildman–Crippen MR) is 99.8 cm³/mol. The number of aliphatic hydroxyl groups excluding tert-OH is 1. The predicted octanol–water partition coefficient (Wildman–Crippen LogP) is 1.74. The van der Waals surface area contributed by atoms with E-state index in [-0.39, 0.29) is 18.4 Å². The molecule has 2 heterocycles. The molecule has 6 nitrogen and oxygen atoms in total. The van der Waals surface area contributed by atoms with Gasteiger partial charge in [0.05, 0.1) is 11.1 Å². The lowest BCUT2D eigenvalue weighted by Crippen LogP contribution is -2.31. The van der Waals surface area contributed by atoms with Gasteiger partial charge in [0.25, 0.3) is 0 Å². The number of benzene rings is 1. The number of aromatic nitrogens is 2. The SMILES string of the molecule is Cn1cc([C@@H]2CN(S(=O)(=O)C3=Cc4ccccc4CC3)C[C@H]2CO)cn1. The Morgan fingerprint density at radius 3 is 2.77 bits per heavy atom. The van der Waals surface area contributed by atoms with Crippen LogP contribution in [0, 0.1) is 5.92 Å². The summed E-state index contributed by atoms with van der Waals surface area (Å²) in [6, 6.07) is 7.92. The number of fused-ring (bicyclic) bond motifs is 1. The van der Waals surface area contributed by atoms with Gasteiger partial charge in [-0.1, -0.05) is 24.3 Å². The molecule has 7 heteroatoms. The van der Waals surface area contributed by atoms with Gasteiger partial charge < -0.3 is 5.11 Å². The Labute approximate surface area is 153 Å². The Bertz CT molecular complexity index is 948. The van der Waals surface area contributed by atoms with E-state index < -0.39 is 10.0 Å². The van der Waals surface area contributed by atoms with E-state index in [4.69, 9.17) is 0 Å². The van der Waals surface area contributed by atoms with Crippen molar-refractivity contribution in [2.45, 2.75) is 18.8 Å². The van der Waals surface area contributed by atoms with Crippen LogP contribution in [0.15, 0.2) is 41.6 Å². The summed E-state index contributed by atoms with van der Waals surface area (Å²) < 4.78 is 29.6. The zero-order valence-corrected chi connectivity index (χ0v) is 15.6. The standard InChI is InChI=1S/C19H23N3O3S/c1-21-10-16(9-20-21)19-12-22(11-17(19)13-23)26(24,25)18-7-6-14-4-2-3-5-15(14)8-18/h2-5,8-10,17,19,23H,6-7,11-13H2,1H3/t17-,19-/m0/s1. The first-order chi connectivity index (χ1) is 12.5. The molecule has 26 heavy (non-hydrogen) atoms. The second kappa shape index (κ2) is 6.64. The number of allylic oxidation sites excluding steroid dienone is 1. The van der Waals surface area contributed by atoms with E-state index in [1.54, 1.807) is 17.0 Å². The van der Waals surface area contributed by atoms with Crippen molar-refractivity contribution in [2.75, 3.05) is 19.7 Å². The van der Waals surface area contributed by atoms with Crippen LogP contribution in [-0.4, -0.2) is 47.3 Å². The summed E-state index contributed by atoms with van der Waals surface area (Å²) in [5, 5.41) is 14.0. The van der Waals surface area contributed by atoms with Gasteiger partial charge in [0.15, 0.2) is 0 Å². The summed E-state index contributed by atoms with van der Waals surface area (Å²) >= 11 is 0. The molecule has 1 aromatic heterocycles. The third-order valence-electron chi connectivity index (χ3n) is 5.48. The molecule has 2 aromatic rings. The number of hydrogen-bond acceptors (Lipinski definition) is 4. The van der Waals surface area contributed by atoms with Crippen molar-refractivity contribution in [3.8, 4) is 0 Å². The molecule has 0 radical (unpaired) electrons. The first-order valence-corrected chi connectivity index (χ1v) is 10.3. The maximum Gasteiger partial charge on any atom is 0.239 e. The van der Waals surface area contributed by atoms with Gasteiger partial charge in [0, 0.05) is 44.8 Å². The van der Waals surface area contributed by atoms with Crippen LogP contribution in [0.3, 0.4) is 0 Å². The van der Waals surface area contributed by atoms with Gasteiger partial charge in [-0.25, -0.2) is 8.42 Å². The molecule has 0 amide bonds. The summed E-state index contributed by atoms with van der Waals surface area (Å²) in [4.78, 5) is 0.472. The molecule has 1 fully saturated rings. The highest BCUT2D eigenvalue weighted by atomic mass is 32.2. The molecule has 1 aliphatic heterocycles. The van der Waals surface area contributed by atoms with Crippen LogP contribution in [0.5, 0.6) is 0 Å². The van der Waals surface area contributed by atoms with Crippen molar-refractivity contribution in [3.05, 3.63) is 58.3 Å². The van der Waals surface area contributed by atoms with E-state index in [1.165, 1.54) is 9.87 Å². The third-order valence-corrected chi connectivity index (χ3v) is 7.44. The Hall–Kier alpha value is -1.96. The Morgan fingerprint density at radius 1 is 1.23 bits per heavy atom. The highest BCUT2D eigenvalue weighted by Gasteiger charge is 2.41. The minimum absolute atomic E-state index is 0.0278. The van der Waals surface area contributed by atoms with Crippen LogP contribution in [0.2, 0.25) is 0 Å². The molecule has 0 unspecified atom stereocenters. The summed E-state index contributed by atoms with van der Waals surface area (Å²) in [6.45, 7) is 0.698. The first kappa shape index (κ1) is 17.5. The van der Waals surface area contributed by atoms with Crippen LogP contribution >= 0.6 is 0 Å². The highest BCUT2D eigenvalue weighted by Crippen LogP contribution is 2.37. The van der Waals surface area contributed by atoms with Gasteiger partial charge >= 0.3 is 0 Å². The van der Waals surface area contributed by atoms with Gasteiger partial charge in [-0.3, -0.25) is 4.68 Å². The van der Waals surface area contributed by atoms with E-state index in [9.17, 15) is 13.5 Å². The third kappa shape index (κ3) is 3.00. The first-order valence-electron chi connectivity index (χ1n) is 8.87. The monoisotopic (exact) mass is 373 g/mol. The van der Waals surface area contributed by atoms with Crippen molar-refractivity contribution < 1.29 is 13.5 Å². The molecule has 138 valence electrons. The van der Waals surface area contributed by atoms with Crippen LogP contribution in [0.1, 0.15) is 29.0 Å². The van der Waals surface area contributed by atoms with Crippen LogP contribution in [0.25, 0.3) is 6.08 Å². The van der Waals surface area contributed by atoms with E-state index >= 15 is 0 Å². The lowest BCUT2D eigenvalue weighted by Gasteiger charge is -2.22. The van der Waals surface area contributed by atoms with Crippen molar-refractivity contribution in [3.63, 3.8) is 0 Å². The van der Waals surface area contributed by atoms with Crippen LogP contribution < -0.4 is 0 Å². The number of sulfonamides is 1. The number of aryl methyl sites for hydroxylation is 2. The van der Waals surface area contributed by atoms with Crippen molar-refractivity contribution in [1.82, 2.24) is 14.1 Å². The normalized spacial score (nSPS) is 23.7. The molecule has 1 saturated heterocycles. The second-order valence-corrected chi connectivity index (χ2v) is 9.12. The summed E-state index contributed by atoms with van der Waals surface area (Å²) in [6.07, 6.45) is 6.74. The minimum Gasteiger partial charge on any atom is -0.396 e. The molecule has 2 atom stereocenters. The van der Waals surface area contributed by atoms with E-state index in [1.807, 2.05) is 37.5 Å². The summed E-state index contributed by atoms with van der Waals surface area (Å²) in [7, 11) is -1.69. The molecular formula is C19H23N3O3S. The summed E-state index contributed by atoms with van der Waals surface area (Å²) in [5.41, 5.74) is 3.15. The van der Waals surface area contributed by atoms with Gasteiger partial charge in [-0.05, 0) is 35.6 Å². The molecular weight excluding hydrogens is 350 g/mol. The fraction of sp³-hybridized carbons (Fsp3) is 0.421. The zero-order chi connectivity index (χ0) is 18.3. The van der Waals surface area contributed by atoms with Crippen LogP contribution in [-0.2, 0) is 23.5 Å². The largest absolute Gasteiger partial charge is 0.396 e. The molecule has 0 saturated carbocycles. The molecule has 1 N–H and O–H groups in total. The fourth-order valence-corrected chi connectivity index (χ4v) is 5.71. The van der Waals surface area contributed by atoms with E-state index in [0.29, 0.717) is 24.4 Å². The van der Waals surface area contributed by atoms with E-state index in [0.717, 1.165) is 17.5 Å². The number of aliphatic hydroxyl groups is 1. The molecule has 1 aromatic carbocycles. The van der Waals surface area contributed by atoms with Gasteiger partial charge in [-0.2, -0.15) is 9.40 Å². The van der Waals surface area contributed by atoms with Gasteiger partial charge in [-0.15, -0.1) is 0 Å². The lowest BCUT2D eigenvalue weighted by atomic mass is 9.92. The lowest BCUT2D eigenvalue weighted by molar-refractivity contribution is 0.223. The second-order valence-electron chi connectivity index (χ2n) is 7.13. The van der Waals surface area contributed by atoms with E-state index in [2.05, 4.69) is 5.10 Å². The minimum atomic E-state index is -3.53. The smallest absolute Gasteiger partial charge is 0.239 e. The number of nitrogens with zero attached hydrogens (tertiary/aromatic N) is 3. The van der Waals surface area contributed by atoms with Crippen molar-refractivity contribution >= 4 is 16.1 Å². The van der Waals surface area contributed by atoms with Crippen LogP contribution in [0.4, 0.5) is 0 Å². The Kier molecular flexibility index (Phi) is 4.46. The number of hydrogen-bond donors (Lipinski definition) is 1.